The molecule has 10 heteroatoms. The third kappa shape index (κ3) is 5.73. The number of ether oxygens (including phenoxy) is 3. The topological polar surface area (TPSA) is 137 Å². The first-order chi connectivity index (χ1) is 17.0. The highest BCUT2D eigenvalue weighted by Crippen LogP contribution is 2.30. The van der Waals surface area contributed by atoms with Gasteiger partial charge >= 0.3 is 0 Å². The molecule has 0 radical (unpaired) electrons. The van der Waals surface area contributed by atoms with Gasteiger partial charge in [-0.25, -0.2) is 0 Å². The van der Waals surface area contributed by atoms with E-state index in [4.69, 9.17) is 19.9 Å². The number of fused-ring (bicyclic) bond motifs is 1. The van der Waals surface area contributed by atoms with Crippen LogP contribution in [0.4, 0.5) is 0 Å². The fourth-order valence-electron chi connectivity index (χ4n) is 4.03. The van der Waals surface area contributed by atoms with E-state index < -0.39 is 29.7 Å². The van der Waals surface area contributed by atoms with Gasteiger partial charge in [-0.05, 0) is 35.7 Å². The fourth-order valence-corrected chi connectivity index (χ4v) is 4.03. The molecule has 0 saturated carbocycles. The Balaban J connectivity index is 1.27. The SMILES string of the molecule is NCCOCc1cccc(COCCOc2ccc3c(c2)C(=O)N(C2CCC(=O)NC2=O)C3=O)c1. The van der Waals surface area contributed by atoms with Crippen molar-refractivity contribution >= 4 is 23.6 Å². The Hall–Kier alpha value is -3.60. The zero-order chi connectivity index (χ0) is 24.8. The Kier molecular flexibility index (Phi) is 7.86. The third-order valence-corrected chi connectivity index (χ3v) is 5.70. The molecule has 2 aliphatic rings. The van der Waals surface area contributed by atoms with Crippen LogP contribution in [0.15, 0.2) is 42.5 Å². The second-order valence-corrected chi connectivity index (χ2v) is 8.22. The summed E-state index contributed by atoms with van der Waals surface area (Å²) in [5.41, 5.74) is 7.86. The Morgan fingerprint density at radius 1 is 0.886 bits per heavy atom. The van der Waals surface area contributed by atoms with E-state index in [1.807, 2.05) is 24.3 Å². The molecular weight excluding hydrogens is 454 g/mol. The molecule has 4 rings (SSSR count). The maximum absolute atomic E-state index is 12.9. The van der Waals surface area contributed by atoms with E-state index in [0.717, 1.165) is 16.0 Å². The number of hydrogen-bond acceptors (Lipinski definition) is 8. The predicted octanol–water partition coefficient (Wildman–Crippen LogP) is 1.16. The first kappa shape index (κ1) is 24.5. The van der Waals surface area contributed by atoms with Crippen LogP contribution in [0.1, 0.15) is 44.7 Å². The molecular formula is C25H27N3O7. The van der Waals surface area contributed by atoms with Crippen LogP contribution in [0.25, 0.3) is 0 Å². The highest BCUT2D eigenvalue weighted by Gasteiger charge is 2.44. The molecule has 35 heavy (non-hydrogen) atoms. The highest BCUT2D eigenvalue weighted by molar-refractivity contribution is 6.23. The van der Waals surface area contributed by atoms with Crippen molar-refractivity contribution in [2.75, 3.05) is 26.4 Å². The minimum absolute atomic E-state index is 0.0739. The molecule has 2 heterocycles. The van der Waals surface area contributed by atoms with Gasteiger partial charge in [-0.3, -0.25) is 29.4 Å². The van der Waals surface area contributed by atoms with E-state index in [2.05, 4.69) is 5.32 Å². The third-order valence-electron chi connectivity index (χ3n) is 5.70. The Labute approximate surface area is 202 Å². The van der Waals surface area contributed by atoms with Crippen molar-refractivity contribution in [3.8, 4) is 5.75 Å². The second kappa shape index (κ2) is 11.2. The summed E-state index contributed by atoms with van der Waals surface area (Å²) in [7, 11) is 0. The van der Waals surface area contributed by atoms with Gasteiger partial charge < -0.3 is 19.9 Å². The van der Waals surface area contributed by atoms with Gasteiger partial charge in [-0.15, -0.1) is 0 Å². The van der Waals surface area contributed by atoms with Crippen molar-refractivity contribution in [2.45, 2.75) is 32.1 Å². The number of nitrogens with zero attached hydrogens (tertiary/aromatic N) is 1. The lowest BCUT2D eigenvalue weighted by Crippen LogP contribution is -2.54. The smallest absolute Gasteiger partial charge is 0.262 e. The normalized spacial score (nSPS) is 17.5. The minimum atomic E-state index is -0.997. The lowest BCUT2D eigenvalue weighted by molar-refractivity contribution is -0.136. The van der Waals surface area contributed by atoms with Crippen LogP contribution < -0.4 is 15.8 Å². The van der Waals surface area contributed by atoms with E-state index in [1.54, 1.807) is 6.07 Å². The fraction of sp³-hybridized carbons (Fsp3) is 0.360. The molecule has 0 bridgehead atoms. The van der Waals surface area contributed by atoms with Gasteiger partial charge in [0.2, 0.25) is 11.8 Å². The standard InChI is InChI=1S/C25H27N3O7/c26-8-9-33-14-16-2-1-3-17(12-16)15-34-10-11-35-18-4-5-19-20(13-18)25(32)28(24(19)31)21-6-7-22(29)27-23(21)30/h1-5,12-13,21H,6-11,14-15,26H2,(H,27,29,30). The van der Waals surface area contributed by atoms with Gasteiger partial charge in [0.25, 0.3) is 11.8 Å². The van der Waals surface area contributed by atoms with Crippen LogP contribution in [-0.2, 0) is 32.3 Å². The van der Waals surface area contributed by atoms with Crippen LogP contribution in [0.2, 0.25) is 0 Å². The molecule has 4 amide bonds. The summed E-state index contributed by atoms with van der Waals surface area (Å²) in [5, 5.41) is 2.18. The molecule has 0 aromatic heterocycles. The number of amides is 4. The van der Waals surface area contributed by atoms with Gasteiger partial charge in [0.05, 0.1) is 37.6 Å². The molecule has 2 aromatic carbocycles. The molecule has 1 atom stereocenters. The monoisotopic (exact) mass is 481 g/mol. The number of piperidine rings is 1. The number of carbonyl (C=O) groups excluding carboxylic acids is 4. The molecule has 1 unspecified atom stereocenters. The lowest BCUT2D eigenvalue weighted by atomic mass is 10.0. The zero-order valence-electron chi connectivity index (χ0n) is 19.2. The molecule has 1 fully saturated rings. The van der Waals surface area contributed by atoms with Gasteiger partial charge in [0, 0.05) is 13.0 Å². The molecule has 2 aliphatic heterocycles. The van der Waals surface area contributed by atoms with Crippen molar-refractivity contribution in [1.29, 1.82) is 0 Å². The summed E-state index contributed by atoms with van der Waals surface area (Å²) in [4.78, 5) is 50.1. The zero-order valence-corrected chi connectivity index (χ0v) is 19.2. The van der Waals surface area contributed by atoms with Gasteiger partial charge in [0.15, 0.2) is 0 Å². The number of imide groups is 2. The number of hydrogen-bond donors (Lipinski definition) is 2. The van der Waals surface area contributed by atoms with Crippen molar-refractivity contribution in [1.82, 2.24) is 10.2 Å². The van der Waals surface area contributed by atoms with Crippen LogP contribution in [0, 0.1) is 0 Å². The Bertz CT molecular complexity index is 1130. The van der Waals surface area contributed by atoms with Crippen molar-refractivity contribution in [2.24, 2.45) is 5.73 Å². The number of nitrogens with one attached hydrogen (secondary N) is 1. The summed E-state index contributed by atoms with van der Waals surface area (Å²) < 4.78 is 16.8. The Morgan fingerprint density at radius 2 is 1.60 bits per heavy atom. The minimum Gasteiger partial charge on any atom is -0.491 e. The predicted molar refractivity (Wildman–Crippen MR) is 123 cm³/mol. The maximum Gasteiger partial charge on any atom is 0.262 e. The van der Waals surface area contributed by atoms with Crippen LogP contribution in [-0.4, -0.2) is 60.9 Å². The molecule has 184 valence electrons. The van der Waals surface area contributed by atoms with Gasteiger partial charge in [0.1, 0.15) is 18.4 Å². The molecule has 10 nitrogen and oxygen atoms in total. The summed E-state index contributed by atoms with van der Waals surface area (Å²) in [6.45, 7) is 2.46. The van der Waals surface area contributed by atoms with E-state index in [1.165, 1.54) is 12.1 Å². The van der Waals surface area contributed by atoms with Gasteiger partial charge in [-0.2, -0.15) is 0 Å². The number of nitrogens with two attached hydrogens (primary N) is 1. The van der Waals surface area contributed by atoms with Crippen LogP contribution in [0.3, 0.4) is 0 Å². The lowest BCUT2D eigenvalue weighted by Gasteiger charge is -2.27. The highest BCUT2D eigenvalue weighted by atomic mass is 16.5. The largest absolute Gasteiger partial charge is 0.491 e. The average molecular weight is 482 g/mol. The first-order valence-corrected chi connectivity index (χ1v) is 11.4. The summed E-state index contributed by atoms with van der Waals surface area (Å²) in [6, 6.07) is 11.5. The molecule has 1 saturated heterocycles. The maximum atomic E-state index is 12.9. The number of benzene rings is 2. The number of carbonyl (C=O) groups is 4. The van der Waals surface area contributed by atoms with Crippen molar-refractivity contribution in [3.05, 3.63) is 64.7 Å². The van der Waals surface area contributed by atoms with E-state index in [0.29, 0.717) is 38.7 Å². The summed E-state index contributed by atoms with van der Waals surface area (Å²) in [5.74, 6) is -1.76. The van der Waals surface area contributed by atoms with E-state index >= 15 is 0 Å². The second-order valence-electron chi connectivity index (χ2n) is 8.22. The quantitative estimate of drug-likeness (QED) is 0.360. The Morgan fingerprint density at radius 3 is 2.31 bits per heavy atom. The van der Waals surface area contributed by atoms with Crippen molar-refractivity contribution < 1.29 is 33.4 Å². The molecule has 3 N–H and O–H groups in total. The first-order valence-electron chi connectivity index (χ1n) is 11.4. The van der Waals surface area contributed by atoms with Crippen LogP contribution in [0.5, 0.6) is 5.75 Å². The molecule has 2 aromatic rings. The van der Waals surface area contributed by atoms with Crippen LogP contribution >= 0.6 is 0 Å². The molecule has 0 spiro atoms. The van der Waals surface area contributed by atoms with Crippen molar-refractivity contribution in [3.63, 3.8) is 0 Å². The summed E-state index contributed by atoms with van der Waals surface area (Å²) in [6.07, 6.45) is 0.186. The summed E-state index contributed by atoms with van der Waals surface area (Å²) >= 11 is 0. The van der Waals surface area contributed by atoms with E-state index in [9.17, 15) is 19.2 Å². The average Bonchev–Trinajstić information content (AvgIpc) is 3.09. The van der Waals surface area contributed by atoms with E-state index in [-0.39, 0.29) is 30.6 Å². The number of rotatable bonds is 11. The molecule has 0 aliphatic carbocycles. The van der Waals surface area contributed by atoms with Gasteiger partial charge in [-0.1, -0.05) is 24.3 Å².